The predicted octanol–water partition coefficient (Wildman–Crippen LogP) is 4.31. The molecule has 12 heteroatoms. The number of amides is 1. The zero-order chi connectivity index (χ0) is 27.3. The third kappa shape index (κ3) is 5.41. The van der Waals surface area contributed by atoms with Gasteiger partial charge < -0.3 is 10.4 Å². The van der Waals surface area contributed by atoms with Crippen LogP contribution < -0.4 is 5.32 Å². The van der Waals surface area contributed by atoms with Crippen LogP contribution in [0.15, 0.2) is 35.2 Å². The molecule has 0 heterocycles. The van der Waals surface area contributed by atoms with E-state index in [1.807, 2.05) is 0 Å². The van der Waals surface area contributed by atoms with Crippen molar-refractivity contribution in [2.75, 3.05) is 17.3 Å². The molecule has 2 aliphatic carbocycles. The Morgan fingerprint density at radius 1 is 1.11 bits per heavy atom. The molecule has 0 aliphatic heterocycles. The van der Waals surface area contributed by atoms with Crippen LogP contribution in [0, 0.1) is 30.4 Å². The average Bonchev–Trinajstić information content (AvgIpc) is 2.98. The lowest BCUT2D eigenvalue weighted by atomic mass is 9.73. The first-order chi connectivity index (χ1) is 17.1. The van der Waals surface area contributed by atoms with Crippen LogP contribution in [-0.4, -0.2) is 50.7 Å². The Kier molecular flexibility index (Phi) is 7.48. The molecule has 2 aliphatic rings. The summed E-state index contributed by atoms with van der Waals surface area (Å²) in [5, 5.41) is 12.8. The second-order valence-corrected chi connectivity index (χ2v) is 15.0. The van der Waals surface area contributed by atoms with E-state index in [1.165, 1.54) is 25.1 Å². The van der Waals surface area contributed by atoms with Crippen molar-refractivity contribution in [3.8, 4) is 0 Å². The van der Waals surface area contributed by atoms with Gasteiger partial charge in [0.25, 0.3) is 5.91 Å². The van der Waals surface area contributed by atoms with Gasteiger partial charge in [0.1, 0.15) is 9.84 Å². The van der Waals surface area contributed by atoms with Crippen LogP contribution in [0.25, 0.3) is 0 Å². The molecule has 4 atom stereocenters. The standard InChI is InChI=1S/C25H28ClF2NO6S2/c1-14-21(8-7-20(27)23(14)28)29-24(30)15-3-6-19(26)22(11-15)37(34,35)18-12-16-4-5-17(13-18)25(16,31)9-10-36(2,32)33/h3,6-8,11,16-18,31H,4-5,9-10,12-13H2,1-2H3,(H,29,30)/t16-,17?,18?,25?/m0/s1. The molecule has 1 amide bonds. The lowest BCUT2D eigenvalue weighted by Crippen LogP contribution is -2.49. The van der Waals surface area contributed by atoms with Crippen molar-refractivity contribution < 1.29 is 35.5 Å². The topological polar surface area (TPSA) is 118 Å². The van der Waals surface area contributed by atoms with Gasteiger partial charge in [-0.1, -0.05) is 11.6 Å². The molecular weight excluding hydrogens is 548 g/mol. The molecule has 37 heavy (non-hydrogen) atoms. The first kappa shape index (κ1) is 27.9. The summed E-state index contributed by atoms with van der Waals surface area (Å²) in [6.45, 7) is 1.31. The van der Waals surface area contributed by atoms with Crippen molar-refractivity contribution in [2.24, 2.45) is 11.8 Å². The molecular formula is C25H28ClF2NO6S2. The number of sulfone groups is 2. The molecule has 0 spiro atoms. The third-order valence-corrected chi connectivity index (χ3v) is 11.4. The summed E-state index contributed by atoms with van der Waals surface area (Å²) < 4.78 is 77.9. The SMILES string of the molecule is Cc1c(NC(=O)c2ccc(Cl)c(S(=O)(=O)C3CC4CC[C@@H](C3)C4(O)CCS(C)(=O)=O)c2)ccc(F)c1F. The molecule has 2 bridgehead atoms. The van der Waals surface area contributed by atoms with E-state index >= 15 is 0 Å². The van der Waals surface area contributed by atoms with Crippen molar-refractivity contribution in [3.05, 3.63) is 58.1 Å². The molecule has 0 aromatic heterocycles. The summed E-state index contributed by atoms with van der Waals surface area (Å²) in [7, 11) is -7.30. The Balaban J connectivity index is 1.57. The number of aliphatic hydroxyl groups is 1. The Morgan fingerprint density at radius 3 is 2.32 bits per heavy atom. The Labute approximate surface area is 220 Å². The Bertz CT molecular complexity index is 1450. The molecule has 2 fully saturated rings. The fourth-order valence-corrected chi connectivity index (χ4v) is 8.74. The molecule has 0 radical (unpaired) electrons. The van der Waals surface area contributed by atoms with E-state index in [0.29, 0.717) is 12.8 Å². The number of benzene rings is 2. The normalized spacial score (nSPS) is 25.7. The van der Waals surface area contributed by atoms with Crippen LogP contribution >= 0.6 is 11.6 Å². The van der Waals surface area contributed by atoms with Gasteiger partial charge in [-0.05, 0) is 81.2 Å². The number of fused-ring (bicyclic) bond motifs is 2. The highest BCUT2D eigenvalue weighted by molar-refractivity contribution is 7.92. The van der Waals surface area contributed by atoms with E-state index in [-0.39, 0.29) is 63.6 Å². The van der Waals surface area contributed by atoms with Gasteiger partial charge in [0.05, 0.1) is 26.5 Å². The summed E-state index contributed by atoms with van der Waals surface area (Å²) in [6, 6.07) is 5.88. The van der Waals surface area contributed by atoms with Crippen molar-refractivity contribution in [1.29, 1.82) is 0 Å². The quantitative estimate of drug-likeness (QED) is 0.508. The number of hydrogen-bond donors (Lipinski definition) is 2. The Hall–Kier alpha value is -2.08. The maximum Gasteiger partial charge on any atom is 0.255 e. The van der Waals surface area contributed by atoms with Gasteiger partial charge in [-0.2, -0.15) is 0 Å². The molecule has 2 aromatic rings. The van der Waals surface area contributed by atoms with Crippen molar-refractivity contribution in [3.63, 3.8) is 0 Å². The fourth-order valence-electron chi connectivity index (χ4n) is 5.64. The average molecular weight is 576 g/mol. The van der Waals surface area contributed by atoms with E-state index in [2.05, 4.69) is 5.32 Å². The number of halogens is 3. The highest BCUT2D eigenvalue weighted by Crippen LogP contribution is 2.53. The van der Waals surface area contributed by atoms with Crippen LogP contribution in [0.1, 0.15) is 48.0 Å². The molecule has 7 nitrogen and oxygen atoms in total. The minimum atomic E-state index is -4.01. The molecule has 2 aromatic carbocycles. The highest BCUT2D eigenvalue weighted by atomic mass is 35.5. The summed E-state index contributed by atoms with van der Waals surface area (Å²) in [5.74, 6) is -3.78. The summed E-state index contributed by atoms with van der Waals surface area (Å²) >= 11 is 6.25. The molecule has 2 N–H and O–H groups in total. The first-order valence-corrected chi connectivity index (χ1v) is 15.8. The minimum absolute atomic E-state index is 0.0319. The van der Waals surface area contributed by atoms with Gasteiger partial charge >= 0.3 is 0 Å². The van der Waals surface area contributed by atoms with Gasteiger partial charge in [-0.25, -0.2) is 25.6 Å². The van der Waals surface area contributed by atoms with Crippen LogP contribution in [0.3, 0.4) is 0 Å². The number of anilines is 1. The van der Waals surface area contributed by atoms with Crippen LogP contribution in [-0.2, 0) is 19.7 Å². The van der Waals surface area contributed by atoms with Gasteiger partial charge in [-0.15, -0.1) is 0 Å². The Morgan fingerprint density at radius 2 is 1.73 bits per heavy atom. The van der Waals surface area contributed by atoms with Gasteiger partial charge in [0.2, 0.25) is 0 Å². The monoisotopic (exact) mass is 575 g/mol. The molecule has 0 saturated heterocycles. The van der Waals surface area contributed by atoms with Crippen LogP contribution in [0.2, 0.25) is 5.02 Å². The van der Waals surface area contributed by atoms with E-state index in [9.17, 15) is 35.5 Å². The molecule has 4 rings (SSSR count). The number of nitrogens with one attached hydrogen (secondary N) is 1. The minimum Gasteiger partial charge on any atom is -0.389 e. The van der Waals surface area contributed by atoms with Gasteiger partial charge in [0, 0.05) is 23.1 Å². The third-order valence-electron chi connectivity index (χ3n) is 7.77. The number of carbonyl (C=O) groups is 1. The largest absolute Gasteiger partial charge is 0.389 e. The van der Waals surface area contributed by atoms with Gasteiger partial charge in [0.15, 0.2) is 21.5 Å². The van der Waals surface area contributed by atoms with E-state index < -0.39 is 48.1 Å². The zero-order valence-electron chi connectivity index (χ0n) is 20.3. The number of hydrogen-bond acceptors (Lipinski definition) is 6. The predicted molar refractivity (Wildman–Crippen MR) is 136 cm³/mol. The van der Waals surface area contributed by atoms with Crippen molar-refractivity contribution >= 4 is 42.9 Å². The molecule has 202 valence electrons. The van der Waals surface area contributed by atoms with E-state index in [1.54, 1.807) is 0 Å². The van der Waals surface area contributed by atoms with Crippen LogP contribution in [0.4, 0.5) is 14.5 Å². The zero-order valence-corrected chi connectivity index (χ0v) is 22.7. The lowest BCUT2D eigenvalue weighted by Gasteiger charge is -2.42. The second kappa shape index (κ2) is 9.91. The molecule has 3 unspecified atom stereocenters. The molecule has 2 saturated carbocycles. The fraction of sp³-hybridized carbons (Fsp3) is 0.480. The smallest absolute Gasteiger partial charge is 0.255 e. The van der Waals surface area contributed by atoms with E-state index in [4.69, 9.17) is 11.6 Å². The number of rotatable bonds is 7. The lowest BCUT2D eigenvalue weighted by molar-refractivity contribution is -0.0603. The first-order valence-electron chi connectivity index (χ1n) is 11.8. The summed E-state index contributed by atoms with van der Waals surface area (Å²) in [5.41, 5.74) is -1.32. The summed E-state index contributed by atoms with van der Waals surface area (Å²) in [6.07, 6.45) is 2.67. The highest BCUT2D eigenvalue weighted by Gasteiger charge is 2.55. The maximum absolute atomic E-state index is 13.9. The van der Waals surface area contributed by atoms with Crippen molar-refractivity contribution in [2.45, 2.75) is 54.8 Å². The van der Waals surface area contributed by atoms with Crippen LogP contribution in [0.5, 0.6) is 0 Å². The summed E-state index contributed by atoms with van der Waals surface area (Å²) in [4.78, 5) is 12.6. The van der Waals surface area contributed by atoms with Crippen molar-refractivity contribution in [1.82, 2.24) is 0 Å². The second-order valence-electron chi connectivity index (χ2n) is 10.1. The maximum atomic E-state index is 13.9. The van der Waals surface area contributed by atoms with Gasteiger partial charge in [-0.3, -0.25) is 4.79 Å². The van der Waals surface area contributed by atoms with E-state index in [0.717, 1.165) is 18.4 Å². The number of carbonyl (C=O) groups excluding carboxylic acids is 1.